The maximum absolute atomic E-state index is 12.6. The number of guanidine groups is 1. The van der Waals surface area contributed by atoms with E-state index in [9.17, 15) is 34.2 Å². The Morgan fingerprint density at radius 1 is 0.800 bits per heavy atom. The van der Waals surface area contributed by atoms with Crippen LogP contribution in [0, 0.1) is 0 Å². The van der Waals surface area contributed by atoms with Crippen molar-refractivity contribution in [1.29, 1.82) is 0 Å². The molecule has 0 aliphatic heterocycles. The van der Waals surface area contributed by atoms with E-state index in [1.807, 2.05) is 0 Å². The summed E-state index contributed by atoms with van der Waals surface area (Å²) < 4.78 is 0. The molecule has 0 aliphatic rings. The van der Waals surface area contributed by atoms with Gasteiger partial charge in [0.25, 0.3) is 0 Å². The van der Waals surface area contributed by atoms with Crippen molar-refractivity contribution in [2.75, 3.05) is 19.7 Å². The molecule has 35 heavy (non-hydrogen) atoms. The van der Waals surface area contributed by atoms with Crippen LogP contribution in [0.25, 0.3) is 0 Å². The third-order valence-electron chi connectivity index (χ3n) is 4.72. The summed E-state index contributed by atoms with van der Waals surface area (Å²) in [5, 5.41) is 25.5. The van der Waals surface area contributed by atoms with E-state index in [4.69, 9.17) is 28.7 Å². The molecule has 16 nitrogen and oxygen atoms in total. The monoisotopic (exact) mass is 503 g/mol. The van der Waals surface area contributed by atoms with E-state index in [-0.39, 0.29) is 25.3 Å². The van der Waals surface area contributed by atoms with Crippen LogP contribution in [0.3, 0.4) is 0 Å². The molecule has 200 valence electrons. The molecule has 0 heterocycles. The number of hydrogen-bond acceptors (Lipinski definition) is 9. The summed E-state index contributed by atoms with van der Waals surface area (Å²) in [7, 11) is 0. The lowest BCUT2D eigenvalue weighted by atomic mass is 10.1. The van der Waals surface area contributed by atoms with Crippen LogP contribution in [-0.2, 0) is 24.0 Å². The van der Waals surface area contributed by atoms with Crippen molar-refractivity contribution in [2.45, 2.75) is 62.7 Å². The zero-order valence-electron chi connectivity index (χ0n) is 19.4. The third kappa shape index (κ3) is 13.7. The van der Waals surface area contributed by atoms with E-state index in [1.165, 1.54) is 0 Å². The lowest BCUT2D eigenvalue weighted by Gasteiger charge is -2.24. The van der Waals surface area contributed by atoms with Gasteiger partial charge in [0.1, 0.15) is 18.1 Å². The molecular weight excluding hydrogens is 466 g/mol. The number of unbranched alkanes of at least 4 members (excludes halogenated alkanes) is 1. The zero-order chi connectivity index (χ0) is 27.0. The molecule has 4 atom stereocenters. The highest BCUT2D eigenvalue weighted by Crippen LogP contribution is 2.03. The van der Waals surface area contributed by atoms with Gasteiger partial charge in [0.05, 0.1) is 19.1 Å². The van der Waals surface area contributed by atoms with Gasteiger partial charge in [-0.2, -0.15) is 0 Å². The number of rotatable bonds is 18. The summed E-state index contributed by atoms with van der Waals surface area (Å²) in [5.41, 5.74) is 26.7. The average Bonchev–Trinajstić information content (AvgIpc) is 2.78. The number of carboxylic acids is 1. The van der Waals surface area contributed by atoms with E-state index < -0.39 is 66.8 Å². The maximum Gasteiger partial charge on any atom is 0.326 e. The van der Waals surface area contributed by atoms with Crippen molar-refractivity contribution >= 4 is 35.6 Å². The van der Waals surface area contributed by atoms with Gasteiger partial charge in [0.15, 0.2) is 5.96 Å². The Labute approximate surface area is 202 Å². The first-order valence-electron chi connectivity index (χ1n) is 11.0. The van der Waals surface area contributed by atoms with Crippen molar-refractivity contribution in [3.05, 3.63) is 0 Å². The molecule has 0 saturated carbocycles. The van der Waals surface area contributed by atoms with E-state index >= 15 is 0 Å². The van der Waals surface area contributed by atoms with Crippen LogP contribution in [-0.4, -0.2) is 89.6 Å². The average molecular weight is 504 g/mol. The Morgan fingerprint density at radius 2 is 1.37 bits per heavy atom. The van der Waals surface area contributed by atoms with Gasteiger partial charge >= 0.3 is 5.97 Å². The lowest BCUT2D eigenvalue weighted by molar-refractivity contribution is -0.142. The van der Waals surface area contributed by atoms with Crippen LogP contribution in [0.15, 0.2) is 4.99 Å². The number of nitrogens with zero attached hydrogens (tertiary/aromatic N) is 1. The molecule has 0 radical (unpaired) electrons. The highest BCUT2D eigenvalue weighted by Gasteiger charge is 2.30. The molecule has 0 aromatic carbocycles. The Balaban J connectivity index is 5.13. The van der Waals surface area contributed by atoms with E-state index in [0.29, 0.717) is 25.8 Å². The van der Waals surface area contributed by atoms with Gasteiger partial charge in [0, 0.05) is 6.54 Å². The molecule has 0 aromatic heterocycles. The van der Waals surface area contributed by atoms with E-state index in [0.717, 1.165) is 0 Å². The molecule has 16 heteroatoms. The zero-order valence-corrected chi connectivity index (χ0v) is 19.4. The van der Waals surface area contributed by atoms with Crippen LogP contribution in [0.1, 0.15) is 38.5 Å². The molecule has 4 unspecified atom stereocenters. The van der Waals surface area contributed by atoms with Gasteiger partial charge in [-0.15, -0.1) is 0 Å². The molecule has 15 N–H and O–H groups in total. The summed E-state index contributed by atoms with van der Waals surface area (Å²) >= 11 is 0. The first-order valence-corrected chi connectivity index (χ1v) is 11.0. The smallest absolute Gasteiger partial charge is 0.326 e. The molecule has 0 aromatic rings. The predicted molar refractivity (Wildman–Crippen MR) is 125 cm³/mol. The lowest BCUT2D eigenvalue weighted by Crippen LogP contribution is -2.58. The minimum Gasteiger partial charge on any atom is -0.480 e. The number of hydrogen-bond donors (Lipinski definition) is 10. The molecule has 0 spiro atoms. The Bertz CT molecular complexity index is 759. The highest BCUT2D eigenvalue weighted by atomic mass is 16.4. The van der Waals surface area contributed by atoms with E-state index in [1.54, 1.807) is 0 Å². The molecular formula is C19H37N9O7. The molecule has 0 aliphatic carbocycles. The van der Waals surface area contributed by atoms with Crippen molar-refractivity contribution in [3.8, 4) is 0 Å². The van der Waals surface area contributed by atoms with Gasteiger partial charge < -0.3 is 54.8 Å². The summed E-state index contributed by atoms with van der Waals surface area (Å²) in [5.74, 6) is -5.12. The number of aliphatic hydroxyl groups excluding tert-OH is 1. The Morgan fingerprint density at radius 3 is 1.89 bits per heavy atom. The number of aliphatic hydroxyl groups is 1. The molecule has 0 saturated heterocycles. The van der Waals surface area contributed by atoms with Gasteiger partial charge in [-0.3, -0.25) is 24.2 Å². The number of carbonyl (C=O) groups is 5. The van der Waals surface area contributed by atoms with Crippen molar-refractivity contribution in [1.82, 2.24) is 16.0 Å². The van der Waals surface area contributed by atoms with Crippen LogP contribution in [0.2, 0.25) is 0 Å². The second-order valence-corrected chi connectivity index (χ2v) is 7.71. The molecule has 0 rings (SSSR count). The number of carbonyl (C=O) groups excluding carboxylic acids is 4. The molecule has 0 bridgehead atoms. The fraction of sp³-hybridized carbons (Fsp3) is 0.684. The normalized spacial score (nSPS) is 14.0. The standard InChI is InChI=1S/C19H37N9O7/c20-6-2-1-5-11(18(34)35)26-16(32)12(8-14(22)30)27-17(33)13(9-29)28-15(31)10(21)4-3-7-25-19(23)24/h10-13,29H,1-9,20-21H2,(H2,22,30)(H,26,32)(H,27,33)(H,28,31)(H,34,35)(H4,23,24,25). The molecule has 4 amide bonds. The Hall–Kier alpha value is -3.50. The number of amides is 4. The molecule has 0 fully saturated rings. The number of aliphatic carboxylic acids is 1. The summed E-state index contributed by atoms with van der Waals surface area (Å²) in [6.07, 6.45) is 0.936. The van der Waals surface area contributed by atoms with Gasteiger partial charge in [-0.25, -0.2) is 4.79 Å². The number of aliphatic imine (C=N–C) groups is 1. The van der Waals surface area contributed by atoms with Gasteiger partial charge in [-0.05, 0) is 38.6 Å². The van der Waals surface area contributed by atoms with Crippen molar-refractivity contribution < 1.29 is 34.2 Å². The number of carboxylic acid groups (broad SMARTS) is 1. The van der Waals surface area contributed by atoms with Gasteiger partial charge in [0.2, 0.25) is 23.6 Å². The topological polar surface area (TPSA) is 304 Å². The van der Waals surface area contributed by atoms with Gasteiger partial charge in [-0.1, -0.05) is 0 Å². The van der Waals surface area contributed by atoms with Crippen LogP contribution in [0.5, 0.6) is 0 Å². The van der Waals surface area contributed by atoms with Crippen LogP contribution < -0.4 is 44.6 Å². The fourth-order valence-corrected chi connectivity index (χ4v) is 2.83. The second-order valence-electron chi connectivity index (χ2n) is 7.71. The van der Waals surface area contributed by atoms with E-state index in [2.05, 4.69) is 20.9 Å². The first-order chi connectivity index (χ1) is 16.4. The highest BCUT2D eigenvalue weighted by molar-refractivity contribution is 5.96. The summed E-state index contributed by atoms with van der Waals surface area (Å²) in [6, 6.07) is -5.38. The Kier molecular flexibility index (Phi) is 15.3. The SMILES string of the molecule is NCCCCC(NC(=O)C(CC(N)=O)NC(=O)C(CO)NC(=O)C(N)CCCN=C(N)N)C(=O)O. The fourth-order valence-electron chi connectivity index (χ4n) is 2.83. The summed E-state index contributed by atoms with van der Waals surface area (Å²) in [4.78, 5) is 64.0. The number of nitrogens with one attached hydrogen (secondary N) is 3. The second kappa shape index (κ2) is 17.0. The quantitative estimate of drug-likeness (QED) is 0.0479. The first kappa shape index (κ1) is 31.5. The minimum atomic E-state index is -1.55. The minimum absolute atomic E-state index is 0.0753. The van der Waals surface area contributed by atoms with Crippen molar-refractivity contribution in [3.63, 3.8) is 0 Å². The largest absolute Gasteiger partial charge is 0.480 e. The number of primary amides is 1. The predicted octanol–water partition coefficient (Wildman–Crippen LogP) is -5.10. The maximum atomic E-state index is 12.6. The van der Waals surface area contributed by atoms with Crippen LogP contribution in [0.4, 0.5) is 0 Å². The van der Waals surface area contributed by atoms with Crippen molar-refractivity contribution in [2.24, 2.45) is 33.7 Å². The van der Waals surface area contributed by atoms with Crippen LogP contribution >= 0.6 is 0 Å². The summed E-state index contributed by atoms with van der Waals surface area (Å²) in [6.45, 7) is -0.268. The number of nitrogens with two attached hydrogens (primary N) is 5. The third-order valence-corrected chi connectivity index (χ3v) is 4.72.